The molecule has 2 rings (SSSR count). The predicted octanol–water partition coefficient (Wildman–Crippen LogP) is 1.40. The smallest absolute Gasteiger partial charge is 0.338 e. The first-order valence-electron chi connectivity index (χ1n) is 13.0. The Kier molecular flexibility index (Phi) is 13.2. The van der Waals surface area contributed by atoms with Gasteiger partial charge in [-0.05, 0) is 32.9 Å². The summed E-state index contributed by atoms with van der Waals surface area (Å²) in [5, 5.41) is 10.8. The Bertz CT molecular complexity index is 1110. The van der Waals surface area contributed by atoms with Gasteiger partial charge in [-0.15, -0.1) is 0 Å². The molecule has 1 aliphatic rings. The van der Waals surface area contributed by atoms with Crippen molar-refractivity contribution in [3.05, 3.63) is 35.9 Å². The largest absolute Gasteiger partial charge is 0.463 e. The summed E-state index contributed by atoms with van der Waals surface area (Å²) in [6.45, 7) is 3.24. The van der Waals surface area contributed by atoms with Gasteiger partial charge in [-0.25, -0.2) is 4.79 Å². The number of hydrogen-bond donors (Lipinski definition) is 1. The van der Waals surface area contributed by atoms with Crippen molar-refractivity contribution < 1.29 is 62.4 Å². The molecule has 0 aliphatic carbocycles. The molecule has 0 bridgehead atoms. The molecule has 0 unspecified atom stereocenters. The number of carbonyl (C=O) groups is 7. The van der Waals surface area contributed by atoms with Gasteiger partial charge in [0.1, 0.15) is 30.1 Å². The van der Waals surface area contributed by atoms with Crippen LogP contribution in [-0.4, -0.2) is 83.6 Å². The third-order valence-electron chi connectivity index (χ3n) is 5.85. The lowest BCUT2D eigenvalue weighted by Gasteiger charge is -2.42. The lowest BCUT2D eigenvalue weighted by molar-refractivity contribution is -0.292. The minimum absolute atomic E-state index is 0.0790. The van der Waals surface area contributed by atoms with Crippen LogP contribution >= 0.6 is 0 Å². The van der Waals surface area contributed by atoms with E-state index in [1.54, 1.807) is 18.2 Å². The van der Waals surface area contributed by atoms with Crippen molar-refractivity contribution in [3.63, 3.8) is 0 Å². The van der Waals surface area contributed by atoms with E-state index in [0.717, 1.165) is 0 Å². The fourth-order valence-electron chi connectivity index (χ4n) is 3.70. The molecule has 41 heavy (non-hydrogen) atoms. The van der Waals surface area contributed by atoms with Crippen LogP contribution in [0.2, 0.25) is 0 Å². The van der Waals surface area contributed by atoms with Gasteiger partial charge in [0.15, 0.2) is 24.6 Å². The molecule has 1 aromatic carbocycles. The maximum absolute atomic E-state index is 12.8. The summed E-state index contributed by atoms with van der Waals surface area (Å²) in [6, 6.07) is 7.68. The molecule has 1 aromatic rings. The van der Waals surface area contributed by atoms with Crippen LogP contribution in [0.3, 0.4) is 0 Å². The topological polar surface area (TPSA) is 186 Å². The van der Waals surface area contributed by atoms with Crippen LogP contribution in [0.15, 0.2) is 30.3 Å². The molecule has 0 radical (unpaired) electrons. The zero-order chi connectivity index (χ0) is 30.5. The lowest BCUT2D eigenvalue weighted by atomic mass is 9.98. The van der Waals surface area contributed by atoms with Gasteiger partial charge < -0.3 is 43.2 Å². The Morgan fingerprint density at radius 1 is 0.659 bits per heavy atom. The monoisotopic (exact) mass is 578 g/mol. The van der Waals surface area contributed by atoms with E-state index in [2.05, 4.69) is 0 Å². The number of aliphatic hydroxyl groups is 1. The summed E-state index contributed by atoms with van der Waals surface area (Å²) in [4.78, 5) is 84.2. The zero-order valence-corrected chi connectivity index (χ0v) is 23.1. The average molecular weight is 579 g/mol. The van der Waals surface area contributed by atoms with Crippen LogP contribution < -0.4 is 0 Å². The molecule has 1 N–H and O–H groups in total. The van der Waals surface area contributed by atoms with E-state index in [1.807, 2.05) is 0 Å². The molecule has 0 aromatic heterocycles. The first kappa shape index (κ1) is 33.2. The summed E-state index contributed by atoms with van der Waals surface area (Å²) in [5.41, 5.74) is 0.0953. The SMILES string of the molecule is CC(=O)CCC(=O)OC[C@H]1O[C@H](O)[C@H](OC(=O)c2ccccc2)[C@@H](OC(=O)CCC(C)=O)[C@H]1OC(=O)CCC(C)=O. The van der Waals surface area contributed by atoms with Gasteiger partial charge in [0.25, 0.3) is 0 Å². The number of benzene rings is 1. The minimum Gasteiger partial charge on any atom is -0.463 e. The maximum atomic E-state index is 12.8. The van der Waals surface area contributed by atoms with Crippen molar-refractivity contribution in [1.82, 2.24) is 0 Å². The molecule has 1 heterocycles. The van der Waals surface area contributed by atoms with E-state index in [-0.39, 0.29) is 61.4 Å². The summed E-state index contributed by atoms with van der Waals surface area (Å²) in [5.74, 6) is -4.38. The molecule has 224 valence electrons. The van der Waals surface area contributed by atoms with Crippen molar-refractivity contribution in [3.8, 4) is 0 Å². The van der Waals surface area contributed by atoms with Crippen molar-refractivity contribution in [2.24, 2.45) is 0 Å². The van der Waals surface area contributed by atoms with Crippen LogP contribution in [0, 0.1) is 0 Å². The fourth-order valence-corrected chi connectivity index (χ4v) is 3.70. The van der Waals surface area contributed by atoms with Gasteiger partial charge in [0, 0.05) is 19.3 Å². The molecule has 0 amide bonds. The Morgan fingerprint density at radius 2 is 1.15 bits per heavy atom. The highest BCUT2D eigenvalue weighted by molar-refractivity contribution is 5.89. The van der Waals surface area contributed by atoms with Crippen molar-refractivity contribution in [2.75, 3.05) is 6.61 Å². The van der Waals surface area contributed by atoms with E-state index in [9.17, 15) is 38.7 Å². The van der Waals surface area contributed by atoms with Gasteiger partial charge in [-0.2, -0.15) is 0 Å². The number of Topliss-reactive ketones (excluding diaryl/α,β-unsaturated/α-hetero) is 3. The lowest BCUT2D eigenvalue weighted by Crippen LogP contribution is -2.62. The molecule has 0 spiro atoms. The number of hydrogen-bond acceptors (Lipinski definition) is 13. The Labute approximate surface area is 236 Å². The fraction of sp³-hybridized carbons (Fsp3) is 0.536. The van der Waals surface area contributed by atoms with Crippen LogP contribution in [0.4, 0.5) is 0 Å². The van der Waals surface area contributed by atoms with Crippen molar-refractivity contribution in [2.45, 2.75) is 90.0 Å². The molecule has 1 fully saturated rings. The summed E-state index contributed by atoms with van der Waals surface area (Å²) >= 11 is 0. The van der Waals surface area contributed by atoms with E-state index in [0.29, 0.717) is 0 Å². The summed E-state index contributed by atoms with van der Waals surface area (Å²) in [6.07, 6.45) is -9.64. The molecule has 1 saturated heterocycles. The third-order valence-corrected chi connectivity index (χ3v) is 5.85. The Balaban J connectivity index is 2.37. The molecule has 0 saturated carbocycles. The number of ketones is 3. The van der Waals surface area contributed by atoms with Crippen molar-refractivity contribution in [1.29, 1.82) is 0 Å². The van der Waals surface area contributed by atoms with Gasteiger partial charge in [-0.3, -0.25) is 14.4 Å². The molecule has 1 aliphatic heterocycles. The van der Waals surface area contributed by atoms with E-state index in [1.165, 1.54) is 32.9 Å². The number of aliphatic hydroxyl groups excluding tert-OH is 1. The normalized spacial score (nSPS) is 21.7. The number of ether oxygens (including phenoxy) is 5. The number of rotatable bonds is 15. The van der Waals surface area contributed by atoms with E-state index < -0.39 is 61.2 Å². The third kappa shape index (κ3) is 11.6. The predicted molar refractivity (Wildman–Crippen MR) is 137 cm³/mol. The molecule has 5 atom stereocenters. The van der Waals surface area contributed by atoms with E-state index in [4.69, 9.17) is 23.7 Å². The molecule has 13 nitrogen and oxygen atoms in total. The standard InChI is InChI=1S/C28H34O13/c1-16(29)9-12-21(32)37-15-20-24(39-22(33)13-10-17(2)30)25(40-23(34)14-11-18(3)31)26(28(36)38-20)41-27(35)19-7-5-4-6-8-19/h4-8,20,24-26,28,36H,9-15H2,1-3H3/t20-,24+,25+,26-,28+/m1/s1. The molecular weight excluding hydrogens is 544 g/mol. The highest BCUT2D eigenvalue weighted by atomic mass is 16.7. The van der Waals surface area contributed by atoms with Crippen LogP contribution in [0.25, 0.3) is 0 Å². The zero-order valence-electron chi connectivity index (χ0n) is 23.1. The second-order valence-electron chi connectivity index (χ2n) is 9.50. The van der Waals surface area contributed by atoms with Gasteiger partial charge in [0.2, 0.25) is 0 Å². The first-order valence-corrected chi connectivity index (χ1v) is 13.0. The summed E-state index contributed by atoms with van der Waals surface area (Å²) in [7, 11) is 0. The van der Waals surface area contributed by atoms with Crippen LogP contribution in [0.5, 0.6) is 0 Å². The van der Waals surface area contributed by atoms with E-state index >= 15 is 0 Å². The van der Waals surface area contributed by atoms with Crippen LogP contribution in [-0.2, 0) is 52.5 Å². The Hall–Kier alpha value is -3.97. The van der Waals surface area contributed by atoms with Gasteiger partial charge >= 0.3 is 23.9 Å². The highest BCUT2D eigenvalue weighted by Gasteiger charge is 2.52. The molecule has 13 heteroatoms. The van der Waals surface area contributed by atoms with Crippen LogP contribution in [0.1, 0.15) is 69.7 Å². The van der Waals surface area contributed by atoms with Gasteiger partial charge in [-0.1, -0.05) is 18.2 Å². The Morgan fingerprint density at radius 3 is 1.66 bits per heavy atom. The van der Waals surface area contributed by atoms with Gasteiger partial charge in [0.05, 0.1) is 24.8 Å². The average Bonchev–Trinajstić information content (AvgIpc) is 2.92. The number of carbonyl (C=O) groups excluding carboxylic acids is 7. The molecular formula is C28H34O13. The highest BCUT2D eigenvalue weighted by Crippen LogP contribution is 2.29. The van der Waals surface area contributed by atoms with Crippen molar-refractivity contribution >= 4 is 41.2 Å². The first-order chi connectivity index (χ1) is 19.4. The minimum atomic E-state index is -1.93. The quantitative estimate of drug-likeness (QED) is 0.233. The second-order valence-corrected chi connectivity index (χ2v) is 9.50. The summed E-state index contributed by atoms with van der Waals surface area (Å²) < 4.78 is 27.0. The number of esters is 4. The maximum Gasteiger partial charge on any atom is 0.338 e. The second kappa shape index (κ2) is 16.3.